The molecule has 0 saturated heterocycles. The zero-order valence-electron chi connectivity index (χ0n) is 12.8. The third-order valence-corrected chi connectivity index (χ3v) is 5.11. The zero-order valence-corrected chi connectivity index (χ0v) is 14.3. The minimum Gasteiger partial charge on any atom is -0.379 e. The Balaban J connectivity index is 2.21. The Morgan fingerprint density at radius 3 is 1.87 bits per heavy atom. The van der Waals surface area contributed by atoms with Crippen molar-refractivity contribution in [2.75, 3.05) is 0 Å². The molecule has 0 fully saturated rings. The van der Waals surface area contributed by atoms with E-state index in [-0.39, 0.29) is 5.78 Å². The maximum atomic E-state index is 12.5. The van der Waals surface area contributed by atoms with Crippen LogP contribution in [0.5, 0.6) is 0 Å². The summed E-state index contributed by atoms with van der Waals surface area (Å²) in [6.45, 7) is 3.51. The lowest BCUT2D eigenvalue weighted by molar-refractivity contribution is -0.130. The van der Waals surface area contributed by atoms with Crippen LogP contribution >= 0.6 is 23.2 Å². The van der Waals surface area contributed by atoms with Crippen molar-refractivity contribution in [3.05, 3.63) is 75.8 Å². The Bertz CT molecular complexity index is 789. The predicted molar refractivity (Wildman–Crippen MR) is 93.6 cm³/mol. The van der Waals surface area contributed by atoms with Crippen molar-refractivity contribution in [1.29, 1.82) is 0 Å². The summed E-state index contributed by atoms with van der Waals surface area (Å²) in [5.41, 5.74) is -0.422. The van der Waals surface area contributed by atoms with E-state index in [1.54, 1.807) is 50.2 Å². The van der Waals surface area contributed by atoms with Gasteiger partial charge in [-0.2, -0.15) is 0 Å². The number of halogens is 2. The van der Waals surface area contributed by atoms with Crippen LogP contribution in [0.25, 0.3) is 5.57 Å². The highest BCUT2D eigenvalue weighted by molar-refractivity contribution is 6.31. The first kappa shape index (κ1) is 16.3. The Kier molecular flexibility index (Phi) is 3.88. The number of benzene rings is 2. The average Bonchev–Trinajstić information content (AvgIpc) is 2.70. The number of ketones is 1. The van der Waals surface area contributed by atoms with E-state index in [0.29, 0.717) is 21.2 Å². The maximum Gasteiger partial charge on any atom is 0.165 e. The fraction of sp³-hybridized carbons (Fsp3) is 0.211. The highest BCUT2D eigenvalue weighted by Crippen LogP contribution is 2.54. The van der Waals surface area contributed by atoms with E-state index in [1.807, 2.05) is 12.1 Å². The highest BCUT2D eigenvalue weighted by Gasteiger charge is 2.56. The average molecular weight is 347 g/mol. The second kappa shape index (κ2) is 5.48. The van der Waals surface area contributed by atoms with Gasteiger partial charge in [0.25, 0.3) is 0 Å². The summed E-state index contributed by atoms with van der Waals surface area (Å²) in [7, 11) is 0. The van der Waals surface area contributed by atoms with Gasteiger partial charge in [-0.05, 0) is 60.9 Å². The molecule has 1 aliphatic rings. The number of carbonyl (C=O) groups excluding carboxylic acids is 1. The summed E-state index contributed by atoms with van der Waals surface area (Å²) in [6, 6.07) is 14.1. The highest BCUT2D eigenvalue weighted by atomic mass is 35.5. The van der Waals surface area contributed by atoms with Crippen LogP contribution in [0, 0.1) is 5.41 Å². The molecule has 0 aromatic heterocycles. The van der Waals surface area contributed by atoms with Gasteiger partial charge in [-0.3, -0.25) is 4.79 Å². The quantitative estimate of drug-likeness (QED) is 0.841. The van der Waals surface area contributed by atoms with Crippen LogP contribution in [0.4, 0.5) is 0 Å². The minimum atomic E-state index is -1.43. The molecule has 0 amide bonds. The molecule has 23 heavy (non-hydrogen) atoms. The van der Waals surface area contributed by atoms with Gasteiger partial charge in [-0.15, -0.1) is 0 Å². The Morgan fingerprint density at radius 1 is 0.870 bits per heavy atom. The summed E-state index contributed by atoms with van der Waals surface area (Å²) in [5, 5.41) is 12.8. The number of hydrogen-bond donors (Lipinski definition) is 1. The van der Waals surface area contributed by atoms with E-state index in [1.165, 1.54) is 6.08 Å². The van der Waals surface area contributed by atoms with Gasteiger partial charge < -0.3 is 5.11 Å². The lowest BCUT2D eigenvalue weighted by Gasteiger charge is -2.38. The molecule has 2 aromatic rings. The van der Waals surface area contributed by atoms with Crippen molar-refractivity contribution in [3.63, 3.8) is 0 Å². The molecule has 1 aliphatic carbocycles. The van der Waals surface area contributed by atoms with E-state index in [9.17, 15) is 9.90 Å². The largest absolute Gasteiger partial charge is 0.379 e. The first-order valence-electron chi connectivity index (χ1n) is 7.28. The van der Waals surface area contributed by atoms with Crippen LogP contribution < -0.4 is 0 Å². The van der Waals surface area contributed by atoms with Gasteiger partial charge in [0, 0.05) is 10.0 Å². The van der Waals surface area contributed by atoms with Crippen molar-refractivity contribution in [1.82, 2.24) is 0 Å². The number of hydrogen-bond acceptors (Lipinski definition) is 2. The molecule has 0 aliphatic heterocycles. The first-order chi connectivity index (χ1) is 10.8. The summed E-state index contributed by atoms with van der Waals surface area (Å²) >= 11 is 11.9. The van der Waals surface area contributed by atoms with Gasteiger partial charge in [-0.1, -0.05) is 47.5 Å². The van der Waals surface area contributed by atoms with Gasteiger partial charge in [0.15, 0.2) is 5.78 Å². The van der Waals surface area contributed by atoms with Crippen LogP contribution in [0.2, 0.25) is 10.0 Å². The fourth-order valence-corrected chi connectivity index (χ4v) is 3.31. The summed E-state index contributed by atoms with van der Waals surface area (Å²) < 4.78 is 0. The topological polar surface area (TPSA) is 37.3 Å². The van der Waals surface area contributed by atoms with Crippen molar-refractivity contribution in [2.45, 2.75) is 19.4 Å². The van der Waals surface area contributed by atoms with Crippen molar-refractivity contribution in [2.24, 2.45) is 5.41 Å². The second-order valence-corrected chi connectivity index (χ2v) is 7.14. The molecule has 2 nitrogen and oxygen atoms in total. The molecule has 0 radical (unpaired) electrons. The van der Waals surface area contributed by atoms with Gasteiger partial charge in [0.05, 0.1) is 5.41 Å². The van der Waals surface area contributed by atoms with Crippen LogP contribution in [-0.4, -0.2) is 10.9 Å². The lowest BCUT2D eigenvalue weighted by Crippen LogP contribution is -2.43. The molecule has 2 aromatic carbocycles. The molecule has 0 unspecified atom stereocenters. The van der Waals surface area contributed by atoms with Crippen LogP contribution in [0.15, 0.2) is 54.6 Å². The zero-order chi connectivity index (χ0) is 16.8. The minimum absolute atomic E-state index is 0.111. The molecule has 4 heteroatoms. The fourth-order valence-electron chi connectivity index (χ4n) is 3.06. The Hall–Kier alpha value is -1.61. The molecule has 0 spiro atoms. The van der Waals surface area contributed by atoms with Gasteiger partial charge in [-0.25, -0.2) is 0 Å². The van der Waals surface area contributed by atoms with E-state index in [0.717, 1.165) is 5.56 Å². The maximum absolute atomic E-state index is 12.5. The van der Waals surface area contributed by atoms with Crippen molar-refractivity contribution < 1.29 is 9.90 Å². The van der Waals surface area contributed by atoms with Gasteiger partial charge >= 0.3 is 0 Å². The Morgan fingerprint density at radius 2 is 1.35 bits per heavy atom. The molecule has 118 valence electrons. The summed E-state index contributed by atoms with van der Waals surface area (Å²) in [4.78, 5) is 12.5. The van der Waals surface area contributed by atoms with Crippen LogP contribution in [-0.2, 0) is 10.4 Å². The van der Waals surface area contributed by atoms with E-state index in [4.69, 9.17) is 23.2 Å². The normalized spacial score (nSPS) is 23.0. The van der Waals surface area contributed by atoms with Gasteiger partial charge in [0.2, 0.25) is 0 Å². The molecule has 0 heterocycles. The molecule has 0 saturated carbocycles. The molecular weight excluding hydrogens is 331 g/mol. The summed E-state index contributed by atoms with van der Waals surface area (Å²) in [5.74, 6) is -0.111. The molecule has 0 bridgehead atoms. The van der Waals surface area contributed by atoms with Crippen molar-refractivity contribution in [3.8, 4) is 0 Å². The molecule has 3 rings (SSSR count). The van der Waals surface area contributed by atoms with Crippen molar-refractivity contribution >= 4 is 34.6 Å². The number of aliphatic hydroxyl groups is 1. The third-order valence-electron chi connectivity index (χ3n) is 4.60. The third kappa shape index (κ3) is 2.42. The number of allylic oxidation sites excluding steroid dienone is 1. The number of carbonyl (C=O) groups is 1. The second-order valence-electron chi connectivity index (χ2n) is 6.27. The predicted octanol–water partition coefficient (Wildman–Crippen LogP) is 4.87. The number of rotatable bonds is 2. The van der Waals surface area contributed by atoms with Crippen LogP contribution in [0.3, 0.4) is 0 Å². The molecule has 1 atom stereocenters. The molecule has 1 N–H and O–H groups in total. The monoisotopic (exact) mass is 346 g/mol. The van der Waals surface area contributed by atoms with E-state index >= 15 is 0 Å². The van der Waals surface area contributed by atoms with Gasteiger partial charge in [0.1, 0.15) is 5.60 Å². The SMILES string of the molecule is CC1(C)C(=O)C=C(c2ccc(Cl)cc2)[C@]1(O)c1ccc(Cl)cc1. The van der Waals surface area contributed by atoms with E-state index < -0.39 is 11.0 Å². The standard InChI is InChI=1S/C19H16Cl2O2/c1-18(2)17(22)11-16(12-3-7-14(20)8-4-12)19(18,23)13-5-9-15(21)10-6-13/h3-11,23H,1-2H3/t19-/m1/s1. The molecular formula is C19H16Cl2O2. The van der Waals surface area contributed by atoms with Crippen LogP contribution in [0.1, 0.15) is 25.0 Å². The van der Waals surface area contributed by atoms with E-state index in [2.05, 4.69) is 0 Å². The Labute approximate surface area is 145 Å². The first-order valence-corrected chi connectivity index (χ1v) is 8.03. The lowest BCUT2D eigenvalue weighted by atomic mass is 9.69. The summed E-state index contributed by atoms with van der Waals surface area (Å²) in [6.07, 6.45) is 1.53. The smallest absolute Gasteiger partial charge is 0.165 e.